The summed E-state index contributed by atoms with van der Waals surface area (Å²) in [4.78, 5) is 7.09. The number of furan rings is 1. The Kier molecular flexibility index (Phi) is 5.78. The molecular weight excluding hydrogens is 552 g/mol. The smallest absolute Gasteiger partial charge is 0.227 e. The molecule has 2 heterocycles. The molecule has 0 radical (unpaired) electrons. The second-order valence-corrected chi connectivity index (χ2v) is 11.3. The first kappa shape index (κ1) is 25.4. The van der Waals surface area contributed by atoms with Gasteiger partial charge in [0.2, 0.25) is 5.89 Å². The fourth-order valence-electron chi connectivity index (χ4n) is 6.23. The molecule has 45 heavy (non-hydrogen) atoms. The van der Waals surface area contributed by atoms with E-state index in [1.807, 2.05) is 42.5 Å². The number of benzene rings is 7. The molecule has 0 N–H and O–H groups in total. The predicted octanol–water partition coefficient (Wildman–Crippen LogP) is 11.7. The van der Waals surface area contributed by atoms with Gasteiger partial charge < -0.3 is 13.7 Å². The van der Waals surface area contributed by atoms with E-state index < -0.39 is 0 Å². The van der Waals surface area contributed by atoms with E-state index >= 15 is 0 Å². The largest absolute Gasteiger partial charge is 0.456 e. The van der Waals surface area contributed by atoms with Gasteiger partial charge in [-0.05, 0) is 88.6 Å². The number of nitrogens with zero attached hydrogens (tertiary/aromatic N) is 2. The molecule has 0 aliphatic rings. The number of hydrogen-bond donors (Lipinski definition) is 0. The van der Waals surface area contributed by atoms with Crippen LogP contribution in [0.5, 0.6) is 0 Å². The van der Waals surface area contributed by atoms with Gasteiger partial charge in [0.1, 0.15) is 16.7 Å². The first-order chi connectivity index (χ1) is 22.3. The molecule has 9 aromatic rings. The molecule has 9 rings (SSSR count). The summed E-state index contributed by atoms with van der Waals surface area (Å²) in [5.41, 5.74) is 9.63. The second-order valence-electron chi connectivity index (χ2n) is 11.3. The molecule has 0 aliphatic heterocycles. The van der Waals surface area contributed by atoms with Gasteiger partial charge >= 0.3 is 0 Å². The number of anilines is 3. The second kappa shape index (κ2) is 10.2. The number of rotatable bonds is 5. The maximum Gasteiger partial charge on any atom is 0.227 e. The summed E-state index contributed by atoms with van der Waals surface area (Å²) in [5.74, 6) is 0.602. The van der Waals surface area contributed by atoms with Crippen LogP contribution in [0.15, 0.2) is 167 Å². The van der Waals surface area contributed by atoms with Crippen LogP contribution in [0.1, 0.15) is 0 Å². The SMILES string of the molecule is c1ccc(-c2nc3cc4c(cc3o2)oc2ccc(N(c3ccccc3)c3ccc(-c5ccc6ccccc6c5)cc3)cc24)cc1. The van der Waals surface area contributed by atoms with E-state index in [2.05, 4.69) is 120 Å². The van der Waals surface area contributed by atoms with Crippen molar-refractivity contribution >= 4 is 60.9 Å². The zero-order valence-electron chi connectivity index (χ0n) is 24.2. The first-order valence-corrected chi connectivity index (χ1v) is 15.0. The number of aromatic nitrogens is 1. The monoisotopic (exact) mass is 578 g/mol. The standard InChI is InChI=1S/C41H26N2O2/c1-3-10-29(11-4-1)41-42-37-25-36-35-24-34(21-22-38(35)44-39(36)26-40(37)45-41)43(32-13-5-2-6-14-32)33-19-17-28(18-20-33)31-16-15-27-9-7-8-12-30(27)23-31/h1-26H. The lowest BCUT2D eigenvalue weighted by molar-refractivity contribution is 0.617. The van der Waals surface area contributed by atoms with Crippen LogP contribution < -0.4 is 4.90 Å². The van der Waals surface area contributed by atoms with Gasteiger partial charge in [-0.1, -0.05) is 84.9 Å². The third kappa shape index (κ3) is 4.43. The molecule has 0 atom stereocenters. The molecule has 0 amide bonds. The Labute approximate surface area is 259 Å². The molecule has 0 aliphatic carbocycles. The van der Waals surface area contributed by atoms with Crippen LogP contribution in [0.25, 0.3) is 66.4 Å². The van der Waals surface area contributed by atoms with Crippen molar-refractivity contribution in [3.8, 4) is 22.6 Å². The number of hydrogen-bond acceptors (Lipinski definition) is 4. The molecule has 0 bridgehead atoms. The van der Waals surface area contributed by atoms with Gasteiger partial charge in [-0.25, -0.2) is 4.98 Å². The Morgan fingerprint density at radius 1 is 0.400 bits per heavy atom. The van der Waals surface area contributed by atoms with Crippen molar-refractivity contribution in [3.05, 3.63) is 158 Å². The summed E-state index contributed by atoms with van der Waals surface area (Å²) in [6.07, 6.45) is 0. The summed E-state index contributed by atoms with van der Waals surface area (Å²) in [6, 6.07) is 54.7. The van der Waals surface area contributed by atoms with Gasteiger partial charge in [0.25, 0.3) is 0 Å². The maximum absolute atomic E-state index is 6.31. The molecular formula is C41H26N2O2. The van der Waals surface area contributed by atoms with Crippen molar-refractivity contribution < 1.29 is 8.83 Å². The first-order valence-electron chi connectivity index (χ1n) is 15.0. The van der Waals surface area contributed by atoms with Crippen LogP contribution in [0, 0.1) is 0 Å². The Hall–Kier alpha value is -6.13. The lowest BCUT2D eigenvalue weighted by Gasteiger charge is -2.25. The van der Waals surface area contributed by atoms with Crippen molar-refractivity contribution in [2.75, 3.05) is 4.90 Å². The summed E-state index contributed by atoms with van der Waals surface area (Å²) in [7, 11) is 0. The van der Waals surface area contributed by atoms with Gasteiger partial charge in [0.15, 0.2) is 5.58 Å². The molecule has 0 saturated heterocycles. The molecule has 7 aromatic carbocycles. The molecule has 0 fully saturated rings. The number of para-hydroxylation sites is 1. The normalized spacial score (nSPS) is 11.6. The summed E-state index contributed by atoms with van der Waals surface area (Å²) < 4.78 is 12.4. The highest BCUT2D eigenvalue weighted by Crippen LogP contribution is 2.40. The highest BCUT2D eigenvalue weighted by molar-refractivity contribution is 6.10. The lowest BCUT2D eigenvalue weighted by atomic mass is 10.0. The van der Waals surface area contributed by atoms with Crippen molar-refractivity contribution in [2.45, 2.75) is 0 Å². The van der Waals surface area contributed by atoms with Gasteiger partial charge in [-0.15, -0.1) is 0 Å². The Morgan fingerprint density at radius 2 is 1.07 bits per heavy atom. The van der Waals surface area contributed by atoms with E-state index in [1.54, 1.807) is 0 Å². The average Bonchev–Trinajstić information content (AvgIpc) is 3.69. The third-order valence-electron chi connectivity index (χ3n) is 8.46. The van der Waals surface area contributed by atoms with Crippen molar-refractivity contribution in [3.63, 3.8) is 0 Å². The van der Waals surface area contributed by atoms with E-state index in [0.717, 1.165) is 50.1 Å². The van der Waals surface area contributed by atoms with Gasteiger partial charge in [0, 0.05) is 39.5 Å². The van der Waals surface area contributed by atoms with E-state index in [1.165, 1.54) is 21.9 Å². The predicted molar refractivity (Wildman–Crippen MR) is 184 cm³/mol. The molecule has 212 valence electrons. The average molecular weight is 579 g/mol. The number of fused-ring (bicyclic) bond motifs is 5. The quantitative estimate of drug-likeness (QED) is 0.204. The minimum atomic E-state index is 0.602. The minimum absolute atomic E-state index is 0.602. The lowest BCUT2D eigenvalue weighted by Crippen LogP contribution is -2.09. The summed E-state index contributed by atoms with van der Waals surface area (Å²) in [5, 5.41) is 4.52. The molecule has 0 unspecified atom stereocenters. The van der Waals surface area contributed by atoms with Gasteiger partial charge in [-0.2, -0.15) is 0 Å². The van der Waals surface area contributed by atoms with Crippen molar-refractivity contribution in [1.82, 2.24) is 4.98 Å². The molecule has 0 saturated carbocycles. The molecule has 0 spiro atoms. The molecule has 4 nitrogen and oxygen atoms in total. The van der Waals surface area contributed by atoms with Crippen LogP contribution in [-0.2, 0) is 0 Å². The van der Waals surface area contributed by atoms with Crippen LogP contribution in [0.4, 0.5) is 17.1 Å². The third-order valence-corrected chi connectivity index (χ3v) is 8.46. The summed E-state index contributed by atoms with van der Waals surface area (Å²) in [6.45, 7) is 0. The van der Waals surface area contributed by atoms with Crippen molar-refractivity contribution in [2.24, 2.45) is 0 Å². The minimum Gasteiger partial charge on any atom is -0.456 e. The zero-order valence-corrected chi connectivity index (χ0v) is 24.2. The topological polar surface area (TPSA) is 42.4 Å². The van der Waals surface area contributed by atoms with E-state index in [0.29, 0.717) is 11.5 Å². The maximum atomic E-state index is 6.31. The van der Waals surface area contributed by atoms with Crippen molar-refractivity contribution in [1.29, 1.82) is 0 Å². The van der Waals surface area contributed by atoms with E-state index in [-0.39, 0.29) is 0 Å². The van der Waals surface area contributed by atoms with Crippen LogP contribution in [0.3, 0.4) is 0 Å². The Balaban J connectivity index is 1.14. The van der Waals surface area contributed by atoms with Crippen LogP contribution in [0.2, 0.25) is 0 Å². The Morgan fingerprint density at radius 3 is 1.89 bits per heavy atom. The fourth-order valence-corrected chi connectivity index (χ4v) is 6.23. The molecule has 2 aromatic heterocycles. The van der Waals surface area contributed by atoms with Gasteiger partial charge in [-0.3, -0.25) is 0 Å². The number of oxazole rings is 1. The zero-order chi connectivity index (χ0) is 29.7. The molecule has 4 heteroatoms. The Bertz CT molecular complexity index is 2480. The van der Waals surface area contributed by atoms with Gasteiger partial charge in [0.05, 0.1) is 0 Å². The van der Waals surface area contributed by atoms with E-state index in [4.69, 9.17) is 13.8 Å². The van der Waals surface area contributed by atoms with Crippen LogP contribution >= 0.6 is 0 Å². The van der Waals surface area contributed by atoms with Crippen LogP contribution in [-0.4, -0.2) is 4.98 Å². The summed E-state index contributed by atoms with van der Waals surface area (Å²) >= 11 is 0. The highest BCUT2D eigenvalue weighted by Gasteiger charge is 2.17. The van der Waals surface area contributed by atoms with E-state index in [9.17, 15) is 0 Å². The highest BCUT2D eigenvalue weighted by atomic mass is 16.4. The fraction of sp³-hybridized carbons (Fsp3) is 0.